The summed E-state index contributed by atoms with van der Waals surface area (Å²) in [6.45, 7) is 2.20. The van der Waals surface area contributed by atoms with E-state index in [1.54, 1.807) is 12.1 Å². The quantitative estimate of drug-likeness (QED) is 0.566. The Labute approximate surface area is 120 Å². The molecule has 0 spiro atoms. The highest BCUT2D eigenvalue weighted by atomic mass is 35.5. The molecule has 0 amide bonds. The summed E-state index contributed by atoms with van der Waals surface area (Å²) in [7, 11) is 0. The van der Waals surface area contributed by atoms with Crippen LogP contribution in [0.3, 0.4) is 0 Å². The van der Waals surface area contributed by atoms with Crippen LogP contribution in [0.15, 0.2) is 18.2 Å². The molecule has 3 heteroatoms. The molecular formula is C15H19Cl2N. The van der Waals surface area contributed by atoms with Gasteiger partial charge in [-0.1, -0.05) is 68.3 Å². The minimum Gasteiger partial charge on any atom is -0.198 e. The van der Waals surface area contributed by atoms with E-state index in [0.29, 0.717) is 10.0 Å². The molecular weight excluding hydrogens is 265 g/mol. The minimum absolute atomic E-state index is 0.187. The lowest BCUT2D eigenvalue weighted by molar-refractivity contribution is 0.589. The molecule has 0 saturated heterocycles. The van der Waals surface area contributed by atoms with Crippen molar-refractivity contribution in [3.63, 3.8) is 0 Å². The summed E-state index contributed by atoms with van der Waals surface area (Å²) in [5.41, 5.74) is 0.791. The molecule has 0 radical (unpaired) electrons. The van der Waals surface area contributed by atoms with Gasteiger partial charge in [0.25, 0.3) is 0 Å². The molecule has 1 aromatic rings. The van der Waals surface area contributed by atoms with Crippen LogP contribution in [0.1, 0.15) is 56.9 Å². The van der Waals surface area contributed by atoms with Crippen LogP contribution < -0.4 is 0 Å². The third-order valence-electron chi connectivity index (χ3n) is 3.10. The average molecular weight is 284 g/mol. The van der Waals surface area contributed by atoms with Crippen molar-refractivity contribution in [3.8, 4) is 6.07 Å². The summed E-state index contributed by atoms with van der Waals surface area (Å²) in [6, 6.07) is 7.72. The molecule has 18 heavy (non-hydrogen) atoms. The van der Waals surface area contributed by atoms with E-state index in [-0.39, 0.29) is 5.92 Å². The zero-order valence-corrected chi connectivity index (χ0v) is 12.3. The molecule has 0 fully saturated rings. The Morgan fingerprint density at radius 1 is 1.11 bits per heavy atom. The van der Waals surface area contributed by atoms with E-state index in [9.17, 15) is 5.26 Å². The largest absolute Gasteiger partial charge is 0.198 e. The summed E-state index contributed by atoms with van der Waals surface area (Å²) in [4.78, 5) is 0. The Morgan fingerprint density at radius 3 is 2.28 bits per heavy atom. The summed E-state index contributed by atoms with van der Waals surface area (Å²) in [5, 5.41) is 10.5. The maximum absolute atomic E-state index is 9.26. The number of rotatable bonds is 7. The molecule has 0 saturated carbocycles. The van der Waals surface area contributed by atoms with Crippen molar-refractivity contribution in [2.45, 2.75) is 51.4 Å². The molecule has 0 heterocycles. The lowest BCUT2D eigenvalue weighted by atomic mass is 9.94. The van der Waals surface area contributed by atoms with Gasteiger partial charge in [0, 0.05) is 15.6 Å². The fourth-order valence-corrected chi connectivity index (χ4v) is 2.73. The fraction of sp³-hybridized carbons (Fsp3) is 0.533. The third-order valence-corrected chi connectivity index (χ3v) is 3.76. The lowest BCUT2D eigenvalue weighted by Crippen LogP contribution is -1.98. The van der Waals surface area contributed by atoms with Gasteiger partial charge in [-0.15, -0.1) is 0 Å². The van der Waals surface area contributed by atoms with Crippen LogP contribution in [0, 0.1) is 11.3 Å². The first-order valence-corrected chi connectivity index (χ1v) is 7.29. The summed E-state index contributed by atoms with van der Waals surface area (Å²) < 4.78 is 0. The van der Waals surface area contributed by atoms with Gasteiger partial charge in [-0.2, -0.15) is 5.26 Å². The maximum atomic E-state index is 9.26. The molecule has 0 unspecified atom stereocenters. The van der Waals surface area contributed by atoms with Crippen LogP contribution in [0.25, 0.3) is 0 Å². The van der Waals surface area contributed by atoms with Gasteiger partial charge in [0.1, 0.15) is 0 Å². The Kier molecular flexibility index (Phi) is 7.16. The predicted molar refractivity (Wildman–Crippen MR) is 78.2 cm³/mol. The van der Waals surface area contributed by atoms with Crippen LogP contribution in [0.5, 0.6) is 0 Å². The second-order valence-corrected chi connectivity index (χ2v) is 5.33. The van der Waals surface area contributed by atoms with Crippen molar-refractivity contribution in [2.24, 2.45) is 0 Å². The highest BCUT2D eigenvalue weighted by Gasteiger charge is 2.17. The number of hydrogen-bond acceptors (Lipinski definition) is 1. The van der Waals surface area contributed by atoms with Gasteiger partial charge in [-0.3, -0.25) is 0 Å². The van der Waals surface area contributed by atoms with Gasteiger partial charge in [-0.05, 0) is 18.6 Å². The number of hydrogen-bond donors (Lipinski definition) is 0. The number of nitrogens with zero attached hydrogens (tertiary/aromatic N) is 1. The topological polar surface area (TPSA) is 23.8 Å². The molecule has 0 aliphatic carbocycles. The van der Waals surface area contributed by atoms with Crippen LogP contribution in [0.2, 0.25) is 10.0 Å². The van der Waals surface area contributed by atoms with Crippen molar-refractivity contribution >= 4 is 23.2 Å². The third kappa shape index (κ3) is 4.52. The van der Waals surface area contributed by atoms with Crippen molar-refractivity contribution < 1.29 is 0 Å². The molecule has 1 aromatic carbocycles. The van der Waals surface area contributed by atoms with E-state index >= 15 is 0 Å². The van der Waals surface area contributed by atoms with Crippen molar-refractivity contribution in [1.29, 1.82) is 5.26 Å². The molecule has 1 atom stereocenters. The normalized spacial score (nSPS) is 12.1. The average Bonchev–Trinajstić information content (AvgIpc) is 2.36. The number of halogens is 2. The second-order valence-electron chi connectivity index (χ2n) is 4.52. The Bertz CT molecular complexity index is 389. The monoisotopic (exact) mass is 283 g/mol. The summed E-state index contributed by atoms with van der Waals surface area (Å²) >= 11 is 12.3. The second kappa shape index (κ2) is 8.40. The molecule has 1 nitrogen and oxygen atoms in total. The van der Waals surface area contributed by atoms with Crippen molar-refractivity contribution in [1.82, 2.24) is 0 Å². The van der Waals surface area contributed by atoms with E-state index in [4.69, 9.17) is 23.2 Å². The highest BCUT2D eigenvalue weighted by Crippen LogP contribution is 2.34. The van der Waals surface area contributed by atoms with Crippen LogP contribution in [-0.2, 0) is 0 Å². The fourth-order valence-electron chi connectivity index (χ4n) is 2.07. The number of unbranched alkanes of at least 4 members (excludes halogenated alkanes) is 4. The van der Waals surface area contributed by atoms with E-state index in [2.05, 4.69) is 13.0 Å². The molecule has 0 aliphatic heterocycles. The SMILES string of the molecule is CCCCCCC[C@@H](C#N)c1c(Cl)cccc1Cl. The van der Waals surface area contributed by atoms with E-state index in [1.807, 2.05) is 6.07 Å². The van der Waals surface area contributed by atoms with E-state index in [1.165, 1.54) is 25.7 Å². The Balaban J connectivity index is 2.59. The first-order chi connectivity index (χ1) is 8.70. The van der Waals surface area contributed by atoms with Crippen molar-refractivity contribution in [2.75, 3.05) is 0 Å². The molecule has 0 aliphatic rings. The Hall–Kier alpha value is -0.710. The summed E-state index contributed by atoms with van der Waals surface area (Å²) in [6.07, 6.45) is 6.81. The van der Waals surface area contributed by atoms with Crippen molar-refractivity contribution in [3.05, 3.63) is 33.8 Å². The van der Waals surface area contributed by atoms with Gasteiger partial charge in [0.05, 0.1) is 12.0 Å². The predicted octanol–water partition coefficient (Wildman–Crippen LogP) is 5.96. The minimum atomic E-state index is -0.187. The number of benzene rings is 1. The van der Waals surface area contributed by atoms with E-state index in [0.717, 1.165) is 18.4 Å². The standard InChI is InChI=1S/C15H19Cl2N/c1-2-3-4-5-6-8-12(11-18)15-13(16)9-7-10-14(15)17/h7,9-10,12H,2-6,8H2,1H3/t12-/m0/s1. The molecule has 1 rings (SSSR count). The van der Waals surface area contributed by atoms with Crippen LogP contribution in [0.4, 0.5) is 0 Å². The number of nitriles is 1. The van der Waals surface area contributed by atoms with Gasteiger partial charge in [0.2, 0.25) is 0 Å². The highest BCUT2D eigenvalue weighted by molar-refractivity contribution is 6.36. The van der Waals surface area contributed by atoms with Crippen LogP contribution >= 0.6 is 23.2 Å². The first kappa shape index (κ1) is 15.3. The van der Waals surface area contributed by atoms with E-state index < -0.39 is 0 Å². The van der Waals surface area contributed by atoms with Gasteiger partial charge < -0.3 is 0 Å². The molecule has 0 aromatic heterocycles. The van der Waals surface area contributed by atoms with Crippen LogP contribution in [-0.4, -0.2) is 0 Å². The molecule has 98 valence electrons. The van der Waals surface area contributed by atoms with Gasteiger partial charge in [0.15, 0.2) is 0 Å². The summed E-state index contributed by atoms with van der Waals surface area (Å²) in [5.74, 6) is -0.187. The molecule has 0 bridgehead atoms. The Morgan fingerprint density at radius 2 is 1.72 bits per heavy atom. The first-order valence-electron chi connectivity index (χ1n) is 6.54. The zero-order chi connectivity index (χ0) is 13.4. The maximum Gasteiger partial charge on any atom is 0.0742 e. The zero-order valence-electron chi connectivity index (χ0n) is 10.8. The van der Waals surface area contributed by atoms with Gasteiger partial charge in [-0.25, -0.2) is 0 Å². The molecule has 0 N–H and O–H groups in total. The lowest BCUT2D eigenvalue weighted by Gasteiger charge is -2.12. The van der Waals surface area contributed by atoms with Gasteiger partial charge >= 0.3 is 0 Å². The smallest absolute Gasteiger partial charge is 0.0742 e.